The maximum atomic E-state index is 12.8. The van der Waals surface area contributed by atoms with E-state index in [0.717, 1.165) is 48.2 Å². The molecule has 1 N–H and O–H groups in total. The number of imidazole rings is 1. The normalized spacial score (nSPS) is 14.3. The second-order valence-electron chi connectivity index (χ2n) is 6.57. The van der Waals surface area contributed by atoms with Gasteiger partial charge >= 0.3 is 0 Å². The Kier molecular flexibility index (Phi) is 3.79. The van der Waals surface area contributed by atoms with E-state index in [-0.39, 0.29) is 5.91 Å². The Morgan fingerprint density at radius 3 is 2.78 bits per heavy atom. The van der Waals surface area contributed by atoms with Gasteiger partial charge in [-0.25, -0.2) is 14.5 Å². The maximum absolute atomic E-state index is 12.8. The van der Waals surface area contributed by atoms with Gasteiger partial charge in [0.05, 0.1) is 17.9 Å². The highest BCUT2D eigenvalue weighted by Gasteiger charge is 2.22. The molecule has 1 amide bonds. The molecule has 27 heavy (non-hydrogen) atoms. The third kappa shape index (κ3) is 2.64. The second-order valence-corrected chi connectivity index (χ2v) is 6.86. The van der Waals surface area contributed by atoms with Crippen molar-refractivity contribution in [1.82, 2.24) is 28.9 Å². The molecular formula is C18H18N7OP. The number of nitrogens with zero attached hydrogens (tertiary/aromatic N) is 6. The van der Waals surface area contributed by atoms with Crippen molar-refractivity contribution in [2.75, 3.05) is 18.2 Å². The number of carbonyl (C=O) groups is 1. The minimum atomic E-state index is 0.0402. The minimum Gasteiger partial charge on any atom is -0.338 e. The number of pyridine rings is 1. The Hall–Kier alpha value is -2.99. The zero-order valence-corrected chi connectivity index (χ0v) is 15.7. The molecule has 1 unspecified atom stereocenters. The summed E-state index contributed by atoms with van der Waals surface area (Å²) in [6.45, 7) is 1.64. The van der Waals surface area contributed by atoms with Crippen molar-refractivity contribution in [2.24, 2.45) is 0 Å². The number of anilines is 1. The zero-order valence-electron chi connectivity index (χ0n) is 14.5. The van der Waals surface area contributed by atoms with Gasteiger partial charge in [-0.05, 0) is 40.4 Å². The van der Waals surface area contributed by atoms with E-state index in [0.29, 0.717) is 11.6 Å². The summed E-state index contributed by atoms with van der Waals surface area (Å²) in [6.07, 6.45) is 9.44. The number of likely N-dealkylation sites (tertiary alicyclic amines) is 1. The molecule has 4 aromatic rings. The first kappa shape index (κ1) is 16.2. The number of nitrogens with one attached hydrogen (secondary N) is 1. The number of amides is 1. The molecule has 136 valence electrons. The summed E-state index contributed by atoms with van der Waals surface area (Å²) in [5.41, 5.74) is 4.23. The summed E-state index contributed by atoms with van der Waals surface area (Å²) >= 11 is 0. The first-order valence-electron chi connectivity index (χ1n) is 8.82. The van der Waals surface area contributed by atoms with Crippen LogP contribution in [-0.4, -0.2) is 47.9 Å². The van der Waals surface area contributed by atoms with Crippen LogP contribution in [0.5, 0.6) is 0 Å². The number of hydrogen-bond acceptors (Lipinski definition) is 5. The molecule has 0 radical (unpaired) electrons. The van der Waals surface area contributed by atoms with E-state index in [4.69, 9.17) is 0 Å². The first-order chi connectivity index (χ1) is 13.2. The average Bonchev–Trinajstić information content (AvgIpc) is 3.45. The molecule has 0 aliphatic carbocycles. The van der Waals surface area contributed by atoms with Gasteiger partial charge in [0.15, 0.2) is 0 Å². The van der Waals surface area contributed by atoms with Crippen LogP contribution in [0.25, 0.3) is 22.3 Å². The van der Waals surface area contributed by atoms with Gasteiger partial charge < -0.3 is 9.99 Å². The maximum Gasteiger partial charge on any atom is 0.272 e. The van der Waals surface area contributed by atoms with E-state index in [2.05, 4.69) is 29.5 Å². The average molecular weight is 379 g/mol. The van der Waals surface area contributed by atoms with Gasteiger partial charge in [0.25, 0.3) is 5.91 Å². The van der Waals surface area contributed by atoms with Gasteiger partial charge in [-0.3, -0.25) is 9.20 Å². The Balaban J connectivity index is 1.60. The molecule has 1 fully saturated rings. The van der Waals surface area contributed by atoms with Crippen LogP contribution in [0.2, 0.25) is 0 Å². The largest absolute Gasteiger partial charge is 0.338 e. The highest BCUT2D eigenvalue weighted by Crippen LogP contribution is 2.26. The minimum absolute atomic E-state index is 0.0402. The highest BCUT2D eigenvalue weighted by atomic mass is 31.0. The van der Waals surface area contributed by atoms with Crippen molar-refractivity contribution in [2.45, 2.75) is 12.8 Å². The van der Waals surface area contributed by atoms with Crippen LogP contribution in [0, 0.1) is 0 Å². The SMILES string of the molecule is O=C(c1cnc2ccc(-c3ccn4nc(NP)ncc34)cn12)N1CCCC1. The van der Waals surface area contributed by atoms with E-state index in [9.17, 15) is 4.79 Å². The van der Waals surface area contributed by atoms with Gasteiger partial charge in [0, 0.05) is 36.6 Å². The van der Waals surface area contributed by atoms with E-state index in [1.165, 1.54) is 0 Å². The van der Waals surface area contributed by atoms with Crippen LogP contribution in [0.15, 0.2) is 43.0 Å². The van der Waals surface area contributed by atoms with Crippen molar-refractivity contribution < 1.29 is 4.79 Å². The molecule has 0 bridgehead atoms. The summed E-state index contributed by atoms with van der Waals surface area (Å²) in [5.74, 6) is 0.566. The molecule has 0 aromatic carbocycles. The van der Waals surface area contributed by atoms with Crippen LogP contribution in [0.4, 0.5) is 5.95 Å². The lowest BCUT2D eigenvalue weighted by Crippen LogP contribution is -2.28. The monoisotopic (exact) mass is 379 g/mol. The smallest absolute Gasteiger partial charge is 0.272 e. The molecule has 1 atom stereocenters. The highest BCUT2D eigenvalue weighted by molar-refractivity contribution is 7.18. The van der Waals surface area contributed by atoms with E-state index >= 15 is 0 Å². The fraction of sp³-hybridized carbons (Fsp3) is 0.222. The molecule has 5 rings (SSSR count). The van der Waals surface area contributed by atoms with Gasteiger partial charge in [0.1, 0.15) is 11.3 Å². The first-order valence-corrected chi connectivity index (χ1v) is 9.40. The predicted molar refractivity (Wildman–Crippen MR) is 106 cm³/mol. The lowest BCUT2D eigenvalue weighted by atomic mass is 10.1. The van der Waals surface area contributed by atoms with Crippen molar-refractivity contribution >= 4 is 32.4 Å². The molecule has 4 aromatic heterocycles. The van der Waals surface area contributed by atoms with Gasteiger partial charge in [-0.1, -0.05) is 0 Å². The van der Waals surface area contributed by atoms with Crippen molar-refractivity contribution in [3.63, 3.8) is 0 Å². The number of fused-ring (bicyclic) bond motifs is 2. The topological polar surface area (TPSA) is 79.8 Å². The summed E-state index contributed by atoms with van der Waals surface area (Å²) in [5, 5.41) is 7.24. The number of carbonyl (C=O) groups excluding carboxylic acids is 1. The molecule has 0 saturated carbocycles. The molecule has 1 saturated heterocycles. The van der Waals surface area contributed by atoms with Crippen LogP contribution in [-0.2, 0) is 0 Å². The molecule has 1 aliphatic rings. The molecule has 1 aliphatic heterocycles. The van der Waals surface area contributed by atoms with E-state index < -0.39 is 0 Å². The van der Waals surface area contributed by atoms with Crippen LogP contribution >= 0.6 is 9.39 Å². The Labute approximate surface area is 157 Å². The molecule has 0 spiro atoms. The zero-order chi connectivity index (χ0) is 18.4. The number of aromatic nitrogens is 5. The fourth-order valence-electron chi connectivity index (χ4n) is 3.59. The molecule has 8 nitrogen and oxygen atoms in total. The quantitative estimate of drug-likeness (QED) is 0.553. The summed E-state index contributed by atoms with van der Waals surface area (Å²) in [7, 11) is 2.39. The van der Waals surface area contributed by atoms with Gasteiger partial charge in [-0.15, -0.1) is 5.10 Å². The predicted octanol–water partition coefficient (Wildman–Crippen LogP) is 2.48. The molecule has 9 heteroatoms. The van der Waals surface area contributed by atoms with Crippen molar-refractivity contribution in [3.8, 4) is 11.1 Å². The Morgan fingerprint density at radius 2 is 1.96 bits per heavy atom. The molecule has 5 heterocycles. The summed E-state index contributed by atoms with van der Waals surface area (Å²) < 4.78 is 3.65. The third-order valence-corrected chi connectivity index (χ3v) is 5.23. The Bertz CT molecular complexity index is 1160. The number of hydrogen-bond donors (Lipinski definition) is 1. The van der Waals surface area contributed by atoms with Gasteiger partial charge in [-0.2, -0.15) is 0 Å². The Morgan fingerprint density at radius 1 is 1.11 bits per heavy atom. The third-order valence-electron chi connectivity index (χ3n) is 4.97. The fourth-order valence-corrected chi connectivity index (χ4v) is 3.72. The van der Waals surface area contributed by atoms with Crippen LogP contribution < -0.4 is 5.09 Å². The van der Waals surface area contributed by atoms with Crippen LogP contribution in [0.3, 0.4) is 0 Å². The second kappa shape index (κ2) is 6.32. The van der Waals surface area contributed by atoms with Crippen LogP contribution in [0.1, 0.15) is 23.3 Å². The molecular weight excluding hydrogens is 361 g/mol. The van der Waals surface area contributed by atoms with Crippen molar-refractivity contribution in [1.29, 1.82) is 0 Å². The van der Waals surface area contributed by atoms with Gasteiger partial charge in [0.2, 0.25) is 5.95 Å². The summed E-state index contributed by atoms with van der Waals surface area (Å²) in [6, 6.07) is 5.93. The van der Waals surface area contributed by atoms with E-state index in [1.54, 1.807) is 16.9 Å². The van der Waals surface area contributed by atoms with E-state index in [1.807, 2.05) is 39.9 Å². The summed E-state index contributed by atoms with van der Waals surface area (Å²) in [4.78, 5) is 23.4. The lowest BCUT2D eigenvalue weighted by molar-refractivity contribution is 0.0786. The number of rotatable bonds is 3. The van der Waals surface area contributed by atoms with Crippen molar-refractivity contribution in [3.05, 3.63) is 48.7 Å². The standard InChI is InChI=1S/C18H18N7OP/c26-17(23-6-1-2-7-23)15-10-19-16-4-3-12(11-24(15)16)13-5-8-25-14(13)9-20-18(21-25)22-27/h3-5,8-11H,1-2,6-7,27H2,(H,21,22). The lowest BCUT2D eigenvalue weighted by Gasteiger charge is -2.14.